The molecule has 0 bridgehead atoms. The minimum absolute atomic E-state index is 0.339. The highest BCUT2D eigenvalue weighted by atomic mass is 16.5. The first-order chi connectivity index (χ1) is 17.5. The van der Waals surface area contributed by atoms with Crippen LogP contribution in [-0.2, 0) is 0 Å². The number of likely N-dealkylation sites (N-methyl/N-ethyl adjacent to an activating group) is 1. The lowest BCUT2D eigenvalue weighted by atomic mass is 10.2. The van der Waals surface area contributed by atoms with E-state index in [1.807, 2.05) is 12.1 Å². The Morgan fingerprint density at radius 2 is 1.44 bits per heavy atom. The van der Waals surface area contributed by atoms with Gasteiger partial charge in [-0.1, -0.05) is 0 Å². The first-order valence-electron chi connectivity index (χ1n) is 11.5. The highest BCUT2D eigenvalue weighted by Crippen LogP contribution is 2.40. The molecule has 11 heteroatoms. The maximum absolute atomic E-state index is 12.6. The molecule has 2 aromatic carbocycles. The number of rotatable bonds is 8. The summed E-state index contributed by atoms with van der Waals surface area (Å²) < 4.78 is 16.0. The van der Waals surface area contributed by atoms with Crippen LogP contribution in [0.15, 0.2) is 48.8 Å². The second-order valence-electron chi connectivity index (χ2n) is 8.24. The van der Waals surface area contributed by atoms with Crippen molar-refractivity contribution >= 4 is 34.7 Å². The number of carbonyl (C=O) groups excluding carboxylic acids is 1. The van der Waals surface area contributed by atoms with E-state index in [9.17, 15) is 4.79 Å². The van der Waals surface area contributed by atoms with Gasteiger partial charge in [0.05, 0.1) is 27.0 Å². The summed E-state index contributed by atoms with van der Waals surface area (Å²) >= 11 is 0. The van der Waals surface area contributed by atoms with E-state index in [0.29, 0.717) is 34.6 Å². The number of ether oxygens (including phenoxy) is 3. The third-order valence-electron chi connectivity index (χ3n) is 5.84. The van der Waals surface area contributed by atoms with E-state index >= 15 is 0 Å². The number of nitrogens with zero attached hydrogens (tertiary/aromatic N) is 4. The quantitative estimate of drug-likeness (QED) is 0.433. The molecule has 3 N–H and O–H groups in total. The number of hydrogen-bond donors (Lipinski definition) is 3. The molecule has 1 saturated heterocycles. The molecule has 1 fully saturated rings. The third kappa shape index (κ3) is 6.05. The molecule has 11 nitrogen and oxygen atoms in total. The maximum atomic E-state index is 12.6. The number of aromatic nitrogens is 2. The van der Waals surface area contributed by atoms with E-state index in [2.05, 4.69) is 54.9 Å². The van der Waals surface area contributed by atoms with Gasteiger partial charge in [-0.15, -0.1) is 0 Å². The van der Waals surface area contributed by atoms with Gasteiger partial charge in [0.15, 0.2) is 11.5 Å². The van der Waals surface area contributed by atoms with Crippen molar-refractivity contribution < 1.29 is 19.0 Å². The summed E-state index contributed by atoms with van der Waals surface area (Å²) in [5.74, 6) is 2.19. The van der Waals surface area contributed by atoms with Gasteiger partial charge < -0.3 is 34.6 Å². The number of hydrogen-bond acceptors (Lipinski definition) is 9. The van der Waals surface area contributed by atoms with E-state index in [-0.39, 0.29) is 0 Å². The van der Waals surface area contributed by atoms with Crippen LogP contribution in [0.25, 0.3) is 0 Å². The second-order valence-corrected chi connectivity index (χ2v) is 8.24. The summed E-state index contributed by atoms with van der Waals surface area (Å²) in [4.78, 5) is 25.7. The second kappa shape index (κ2) is 11.5. The van der Waals surface area contributed by atoms with Gasteiger partial charge in [0.25, 0.3) is 0 Å². The summed E-state index contributed by atoms with van der Waals surface area (Å²) in [7, 11) is 6.68. The number of amides is 2. The molecular weight excluding hydrogens is 462 g/mol. The Morgan fingerprint density at radius 3 is 2.06 bits per heavy atom. The minimum Gasteiger partial charge on any atom is -0.493 e. The Labute approximate surface area is 210 Å². The van der Waals surface area contributed by atoms with Crippen molar-refractivity contribution in [2.45, 2.75) is 0 Å². The van der Waals surface area contributed by atoms with Gasteiger partial charge in [0.1, 0.15) is 18.0 Å². The van der Waals surface area contributed by atoms with Gasteiger partial charge in [-0.3, -0.25) is 5.32 Å². The number of nitrogens with one attached hydrogen (secondary N) is 3. The Hall–Kier alpha value is -4.25. The number of anilines is 5. The van der Waals surface area contributed by atoms with Crippen LogP contribution in [0.3, 0.4) is 0 Å². The summed E-state index contributed by atoms with van der Waals surface area (Å²) in [6, 6.07) is 12.7. The van der Waals surface area contributed by atoms with Gasteiger partial charge in [-0.05, 0) is 31.3 Å². The molecule has 4 rings (SSSR count). The van der Waals surface area contributed by atoms with Crippen LogP contribution in [0.5, 0.6) is 17.2 Å². The Bertz CT molecular complexity index is 1160. The monoisotopic (exact) mass is 493 g/mol. The van der Waals surface area contributed by atoms with Gasteiger partial charge in [0.2, 0.25) is 5.75 Å². The fourth-order valence-corrected chi connectivity index (χ4v) is 3.89. The van der Waals surface area contributed by atoms with Crippen molar-refractivity contribution in [3.8, 4) is 17.2 Å². The zero-order valence-corrected chi connectivity index (χ0v) is 20.9. The van der Waals surface area contributed by atoms with Gasteiger partial charge in [0, 0.05) is 55.8 Å². The van der Waals surface area contributed by atoms with Gasteiger partial charge in [-0.2, -0.15) is 0 Å². The number of benzene rings is 2. The minimum atomic E-state index is -0.481. The Morgan fingerprint density at radius 1 is 0.806 bits per heavy atom. The fraction of sp³-hybridized carbons (Fsp3) is 0.320. The van der Waals surface area contributed by atoms with E-state index in [1.165, 1.54) is 33.3 Å². The van der Waals surface area contributed by atoms with Crippen molar-refractivity contribution in [2.75, 3.05) is 75.4 Å². The fourth-order valence-electron chi connectivity index (χ4n) is 3.89. The lowest BCUT2D eigenvalue weighted by molar-refractivity contribution is 0.262. The van der Waals surface area contributed by atoms with Crippen molar-refractivity contribution in [3.05, 3.63) is 48.8 Å². The molecule has 0 unspecified atom stereocenters. The van der Waals surface area contributed by atoms with E-state index < -0.39 is 6.03 Å². The first-order valence-corrected chi connectivity index (χ1v) is 11.5. The molecule has 0 aliphatic carbocycles. The summed E-state index contributed by atoms with van der Waals surface area (Å²) in [5, 5.41) is 8.71. The average Bonchev–Trinajstić information content (AvgIpc) is 2.89. The average molecular weight is 494 g/mol. The normalized spacial score (nSPS) is 13.6. The molecule has 1 aliphatic heterocycles. The largest absolute Gasteiger partial charge is 0.493 e. The maximum Gasteiger partial charge on any atom is 0.324 e. The van der Waals surface area contributed by atoms with Crippen LogP contribution < -0.4 is 35.1 Å². The molecule has 2 heterocycles. The summed E-state index contributed by atoms with van der Waals surface area (Å²) in [6.07, 6.45) is 1.38. The molecule has 0 atom stereocenters. The zero-order valence-electron chi connectivity index (χ0n) is 20.9. The van der Waals surface area contributed by atoms with Crippen LogP contribution in [0.2, 0.25) is 0 Å². The molecule has 0 spiro atoms. The van der Waals surface area contributed by atoms with Crippen molar-refractivity contribution in [3.63, 3.8) is 0 Å². The van der Waals surface area contributed by atoms with Crippen molar-refractivity contribution in [2.24, 2.45) is 0 Å². The molecule has 36 heavy (non-hydrogen) atoms. The van der Waals surface area contributed by atoms with E-state index in [4.69, 9.17) is 14.2 Å². The van der Waals surface area contributed by atoms with E-state index in [0.717, 1.165) is 31.9 Å². The molecule has 0 radical (unpaired) electrons. The summed E-state index contributed by atoms with van der Waals surface area (Å²) in [5.41, 5.74) is 2.55. The highest BCUT2D eigenvalue weighted by molar-refractivity contribution is 5.99. The van der Waals surface area contributed by atoms with Crippen molar-refractivity contribution in [1.29, 1.82) is 0 Å². The lowest BCUT2D eigenvalue weighted by Crippen LogP contribution is -2.44. The lowest BCUT2D eigenvalue weighted by Gasteiger charge is -2.34. The number of urea groups is 1. The van der Waals surface area contributed by atoms with Crippen molar-refractivity contribution in [1.82, 2.24) is 14.9 Å². The smallest absolute Gasteiger partial charge is 0.324 e. The van der Waals surface area contributed by atoms with Crippen LogP contribution in [0.4, 0.5) is 33.5 Å². The standard InChI is InChI=1S/C25H31N7O4/c1-31-9-11-32(12-10-31)19-7-5-17(6-8-19)28-22-15-23(27-16-26-22)30-25(33)29-18-13-20(34-2)24(36-4)21(14-18)35-3/h5-8,13-16H,9-12H2,1-4H3,(H3,26,27,28,29,30,33). The highest BCUT2D eigenvalue weighted by Gasteiger charge is 2.16. The van der Waals surface area contributed by atoms with Crippen LogP contribution in [0.1, 0.15) is 0 Å². The zero-order chi connectivity index (χ0) is 25.5. The molecule has 2 amide bonds. The van der Waals surface area contributed by atoms with Gasteiger partial charge in [-0.25, -0.2) is 14.8 Å². The molecular formula is C25H31N7O4. The third-order valence-corrected chi connectivity index (χ3v) is 5.84. The number of piperazine rings is 1. The van der Waals surface area contributed by atoms with Gasteiger partial charge >= 0.3 is 6.03 Å². The molecule has 3 aromatic rings. The number of methoxy groups -OCH3 is 3. The molecule has 1 aliphatic rings. The SMILES string of the molecule is COc1cc(NC(=O)Nc2cc(Nc3ccc(N4CCN(C)CC4)cc3)ncn2)cc(OC)c1OC. The summed E-state index contributed by atoms with van der Waals surface area (Å²) in [6.45, 7) is 4.15. The van der Waals surface area contributed by atoms with Crippen LogP contribution >= 0.6 is 0 Å². The number of carbonyl (C=O) groups is 1. The predicted octanol–water partition coefficient (Wildman–Crippen LogP) is 3.64. The molecule has 1 aromatic heterocycles. The predicted molar refractivity (Wildman–Crippen MR) is 140 cm³/mol. The topological polar surface area (TPSA) is 113 Å². The van der Waals surface area contributed by atoms with E-state index in [1.54, 1.807) is 18.2 Å². The molecule has 0 saturated carbocycles. The molecule has 190 valence electrons. The van der Waals surface area contributed by atoms with Crippen LogP contribution in [0, 0.1) is 0 Å². The Kier molecular flexibility index (Phi) is 7.91. The van der Waals surface area contributed by atoms with Crippen LogP contribution in [-0.4, -0.2) is 75.5 Å². The first kappa shape index (κ1) is 24.9. The Balaban J connectivity index is 1.38.